The molecule has 0 unspecified atom stereocenters. The molecule has 303 valence electrons. The van der Waals surface area contributed by atoms with Crippen molar-refractivity contribution >= 4 is 54.4 Å². The van der Waals surface area contributed by atoms with E-state index < -0.39 is 85.9 Å². The summed E-state index contributed by atoms with van der Waals surface area (Å²) in [5.41, 5.74) is -2.96. The minimum atomic E-state index is -4.85. The van der Waals surface area contributed by atoms with Crippen molar-refractivity contribution in [2.45, 2.75) is 23.6 Å². The third-order valence-corrected chi connectivity index (χ3v) is 9.19. The summed E-state index contributed by atoms with van der Waals surface area (Å²) in [7, 11) is -9.70. The Morgan fingerprint density at radius 3 is 1.18 bits per heavy atom. The minimum absolute atomic E-state index is 0. The molecule has 2 N–H and O–H groups in total. The van der Waals surface area contributed by atoms with Gasteiger partial charge in [0.2, 0.25) is 0 Å². The van der Waals surface area contributed by atoms with Crippen molar-refractivity contribution < 1.29 is 103 Å². The van der Waals surface area contributed by atoms with E-state index in [2.05, 4.69) is 30.7 Å². The maximum absolute atomic E-state index is 12.5. The second-order valence-electron chi connectivity index (χ2n) is 11.4. The van der Waals surface area contributed by atoms with E-state index in [4.69, 9.17) is 9.11 Å². The van der Waals surface area contributed by atoms with Crippen LogP contribution in [0, 0.1) is 34.1 Å². The van der Waals surface area contributed by atoms with E-state index in [0.29, 0.717) is 35.6 Å². The Balaban J connectivity index is 0.000000310. The molecule has 0 aliphatic heterocycles. The molecule has 1 radical (unpaired) electrons. The van der Waals surface area contributed by atoms with Gasteiger partial charge in [-0.15, -0.1) is 10.2 Å². The number of hydrogen-bond acceptors (Lipinski definition) is 18. The summed E-state index contributed by atoms with van der Waals surface area (Å²) in [6, 6.07) is 18.8. The summed E-state index contributed by atoms with van der Waals surface area (Å²) >= 11 is 0. The smallest absolute Gasteiger partial charge is 0.866 e. The molecule has 0 amide bonds. The molecule has 0 aliphatic rings. The van der Waals surface area contributed by atoms with Gasteiger partial charge in [0.15, 0.2) is 0 Å². The van der Waals surface area contributed by atoms with E-state index in [9.17, 15) is 57.5 Å². The Morgan fingerprint density at radius 1 is 0.583 bits per heavy atom. The summed E-state index contributed by atoms with van der Waals surface area (Å²) < 4.78 is 65.6. The third-order valence-electron chi connectivity index (χ3n) is 7.53. The number of nitrogens with zero attached hydrogens (tertiary/aromatic N) is 10. The second kappa shape index (κ2) is 19.3. The third kappa shape index (κ3) is 10.7. The first-order chi connectivity index (χ1) is 27.2. The first-order valence-electron chi connectivity index (χ1n) is 15.6. The number of aryl methyl sites for hydroxylation is 2. The van der Waals surface area contributed by atoms with Crippen LogP contribution < -0.4 is 50.0 Å². The standard InChI is InChI=1S/2C16H13N5O7S.Cr.Na/c2*1-9-14(16(23)20(19-9)10-5-3-2-4-6-10)18-17-12-7-11(29(26,27)28)8-13(15(12)22)21(24)25;;/h2*2-8,22-23H,1H3,(H,26,27,28);;/q;;+3;+1/p-4. The van der Waals surface area contributed by atoms with Gasteiger partial charge in [-0.1, -0.05) is 36.4 Å². The van der Waals surface area contributed by atoms with Crippen LogP contribution in [-0.4, -0.2) is 55.3 Å². The Bertz CT molecular complexity index is 2680. The molecule has 0 saturated heterocycles. The predicted molar refractivity (Wildman–Crippen MR) is 189 cm³/mol. The van der Waals surface area contributed by atoms with Crippen LogP contribution in [0.2, 0.25) is 0 Å². The molecule has 24 nitrogen and oxygen atoms in total. The van der Waals surface area contributed by atoms with Crippen molar-refractivity contribution in [2.75, 3.05) is 0 Å². The maximum Gasteiger partial charge on any atom is 3.00 e. The quantitative estimate of drug-likeness (QED) is 0.0631. The van der Waals surface area contributed by atoms with Crippen molar-refractivity contribution in [3.05, 3.63) is 117 Å². The summed E-state index contributed by atoms with van der Waals surface area (Å²) in [4.78, 5) is 17.9. The van der Waals surface area contributed by atoms with Gasteiger partial charge in [0.1, 0.15) is 21.2 Å². The largest absolute Gasteiger partial charge is 3.00 e. The van der Waals surface area contributed by atoms with E-state index in [-0.39, 0.29) is 69.7 Å². The van der Waals surface area contributed by atoms with Crippen LogP contribution in [0.5, 0.6) is 23.3 Å². The molecule has 6 rings (SSSR count). The van der Waals surface area contributed by atoms with Gasteiger partial charge in [-0.3, -0.25) is 29.3 Å². The van der Waals surface area contributed by atoms with Crippen LogP contribution >= 0.6 is 0 Å². The second-order valence-corrected chi connectivity index (χ2v) is 14.3. The van der Waals surface area contributed by atoms with E-state index >= 15 is 0 Å². The van der Waals surface area contributed by atoms with Gasteiger partial charge >= 0.3 is 46.9 Å². The van der Waals surface area contributed by atoms with Crippen LogP contribution in [0.3, 0.4) is 0 Å². The molecule has 0 saturated carbocycles. The molecule has 0 aliphatic carbocycles. The van der Waals surface area contributed by atoms with E-state index in [1.807, 2.05) is 0 Å². The summed E-state index contributed by atoms with van der Waals surface area (Å²) in [6.45, 7) is 2.93. The summed E-state index contributed by atoms with van der Waals surface area (Å²) in [6.07, 6.45) is 0. The molecule has 0 spiro atoms. The molecule has 0 fully saturated rings. The van der Waals surface area contributed by atoms with Gasteiger partial charge in [-0.2, -0.15) is 37.3 Å². The number of nitro groups is 2. The molecule has 6 aromatic rings. The topological polar surface area (TPSA) is 372 Å². The van der Waals surface area contributed by atoms with Gasteiger partial charge in [0, 0.05) is 35.4 Å². The molecule has 28 heteroatoms. The van der Waals surface area contributed by atoms with Crippen LogP contribution in [0.1, 0.15) is 11.4 Å². The van der Waals surface area contributed by atoms with Gasteiger partial charge in [0.25, 0.3) is 31.6 Å². The fourth-order valence-corrected chi connectivity index (χ4v) is 5.83. The molecule has 4 aromatic carbocycles. The minimum Gasteiger partial charge on any atom is -0.866 e. The Kier molecular flexibility index (Phi) is 15.5. The molecule has 0 bridgehead atoms. The van der Waals surface area contributed by atoms with Gasteiger partial charge in [0.05, 0.1) is 44.0 Å². The van der Waals surface area contributed by atoms with Gasteiger partial charge in [-0.05, 0) is 50.2 Å². The zero-order valence-electron chi connectivity index (χ0n) is 30.6. The van der Waals surface area contributed by atoms with Crippen molar-refractivity contribution in [2.24, 2.45) is 20.5 Å². The molecular formula is C32H22CrN10NaO14S2. The van der Waals surface area contributed by atoms with Crippen molar-refractivity contribution in [1.29, 1.82) is 0 Å². The van der Waals surface area contributed by atoms with E-state index in [1.165, 1.54) is 13.8 Å². The van der Waals surface area contributed by atoms with Crippen molar-refractivity contribution in [1.82, 2.24) is 19.6 Å². The zero-order valence-corrected chi connectivity index (χ0v) is 35.5. The predicted octanol–water partition coefficient (Wildman–Crippen LogP) is 0.798. The Hall–Kier alpha value is -6.15. The number of nitro benzene ring substituents is 2. The average molecular weight is 910 g/mol. The van der Waals surface area contributed by atoms with Gasteiger partial charge < -0.3 is 20.4 Å². The van der Waals surface area contributed by atoms with E-state index in [1.54, 1.807) is 60.7 Å². The molecule has 2 aromatic heterocycles. The van der Waals surface area contributed by atoms with Crippen molar-refractivity contribution in [3.8, 4) is 34.6 Å². The first-order valence-corrected chi connectivity index (χ1v) is 18.5. The Morgan fingerprint density at radius 2 is 0.900 bits per heavy atom. The molecule has 2 heterocycles. The molecule has 0 atom stereocenters. The molecule has 60 heavy (non-hydrogen) atoms. The summed E-state index contributed by atoms with van der Waals surface area (Å²) in [5.74, 6) is -3.78. The average Bonchev–Trinajstić information content (AvgIpc) is 3.61. The molecular weight excluding hydrogens is 888 g/mol. The number of hydrogen-bond donors (Lipinski definition) is 2. The van der Waals surface area contributed by atoms with Gasteiger partial charge in [-0.25, -0.2) is 9.36 Å². The maximum atomic E-state index is 12.5. The number of azo groups is 2. The number of rotatable bonds is 10. The SMILES string of the molecule is Cc1nn(-c2ccccc2)c([O-])c1N=Nc1cc(S(=O)(=O)O)cc([N+](=O)[O-])c1[O-].Cc1nn(-c2ccccc2)c([O-])c1N=Nc1cc(S(=O)(=O)O)cc([N+](=O)[O-])c1[O-].[Cr+3].[Na+]. The normalized spacial score (nSPS) is 11.4. The number of benzene rings is 4. The van der Waals surface area contributed by atoms with Crippen LogP contribution in [0.15, 0.2) is 115 Å². The number of aromatic nitrogens is 4. The van der Waals surface area contributed by atoms with E-state index in [0.717, 1.165) is 9.36 Å². The van der Waals surface area contributed by atoms with Crippen molar-refractivity contribution in [3.63, 3.8) is 0 Å². The zero-order chi connectivity index (χ0) is 42.7. The number of para-hydroxylation sites is 2. The fourth-order valence-electron chi connectivity index (χ4n) is 4.79. The van der Waals surface area contributed by atoms with Crippen LogP contribution in [0.4, 0.5) is 34.1 Å². The summed E-state index contributed by atoms with van der Waals surface area (Å²) in [5, 5.41) is 93.7. The monoisotopic (exact) mass is 909 g/mol. The fraction of sp³-hybridized carbons (Fsp3) is 0.0625. The Labute approximate surface area is 370 Å². The van der Waals surface area contributed by atoms with Crippen LogP contribution in [0.25, 0.3) is 11.4 Å². The van der Waals surface area contributed by atoms with Crippen LogP contribution in [-0.2, 0) is 37.6 Å². The first kappa shape index (κ1) is 48.2.